The molecule has 0 aliphatic rings. The molecular formula is C17H21N3O4S2. The van der Waals surface area contributed by atoms with Gasteiger partial charge in [-0.2, -0.15) is 0 Å². The fourth-order valence-electron chi connectivity index (χ4n) is 1.99. The number of carbonyl (C=O) groups excluding carboxylic acids is 2. The molecule has 1 amide bonds. The molecule has 1 heterocycles. The van der Waals surface area contributed by atoms with E-state index in [2.05, 4.69) is 20.3 Å². The molecule has 140 valence electrons. The molecule has 1 aromatic heterocycles. The van der Waals surface area contributed by atoms with Crippen LogP contribution in [0.25, 0.3) is 0 Å². The van der Waals surface area contributed by atoms with E-state index >= 15 is 0 Å². The van der Waals surface area contributed by atoms with Gasteiger partial charge in [-0.1, -0.05) is 42.2 Å². The van der Waals surface area contributed by atoms with Gasteiger partial charge >= 0.3 is 5.97 Å². The Hall–Kier alpha value is -2.13. The number of rotatable bonds is 8. The van der Waals surface area contributed by atoms with Crippen molar-refractivity contribution in [2.45, 2.75) is 37.6 Å². The van der Waals surface area contributed by atoms with Crippen molar-refractivity contribution in [3.63, 3.8) is 0 Å². The Kier molecular flexibility index (Phi) is 7.40. The van der Waals surface area contributed by atoms with E-state index in [-0.39, 0.29) is 17.6 Å². The highest BCUT2D eigenvalue weighted by molar-refractivity contribution is 8.01. The van der Waals surface area contributed by atoms with Crippen LogP contribution in [0, 0.1) is 13.8 Å². The summed E-state index contributed by atoms with van der Waals surface area (Å²) in [6, 6.07) is 5.88. The fourth-order valence-corrected chi connectivity index (χ4v) is 3.58. The standard InChI is InChI=1S/C17H21N3O4S2/c1-5-12(24-13-8-10(2)6-7-11(13)3)15(22)18-16-19-20-17(26-16)25-9-14(21)23-4/h6-8,12H,5,9H2,1-4H3,(H,18,19,22)/t12-/m0/s1. The van der Waals surface area contributed by atoms with Gasteiger partial charge in [0.1, 0.15) is 5.75 Å². The predicted molar refractivity (Wildman–Crippen MR) is 102 cm³/mol. The highest BCUT2D eigenvalue weighted by atomic mass is 32.2. The van der Waals surface area contributed by atoms with Crippen LogP contribution < -0.4 is 10.1 Å². The van der Waals surface area contributed by atoms with Gasteiger partial charge in [0, 0.05) is 0 Å². The Balaban J connectivity index is 1.97. The zero-order chi connectivity index (χ0) is 19.1. The smallest absolute Gasteiger partial charge is 0.316 e. The van der Waals surface area contributed by atoms with Crippen molar-refractivity contribution in [2.24, 2.45) is 0 Å². The van der Waals surface area contributed by atoms with Crippen molar-refractivity contribution in [3.8, 4) is 5.75 Å². The Morgan fingerprint density at radius 3 is 2.77 bits per heavy atom. The van der Waals surface area contributed by atoms with Crippen molar-refractivity contribution in [1.82, 2.24) is 10.2 Å². The SMILES string of the molecule is CC[C@H](Oc1cc(C)ccc1C)C(=O)Nc1nnc(SCC(=O)OC)s1. The van der Waals surface area contributed by atoms with Gasteiger partial charge in [0.15, 0.2) is 10.4 Å². The third kappa shape index (κ3) is 5.70. The van der Waals surface area contributed by atoms with Gasteiger partial charge in [0.05, 0.1) is 12.9 Å². The van der Waals surface area contributed by atoms with Gasteiger partial charge in [0.2, 0.25) is 5.13 Å². The van der Waals surface area contributed by atoms with Crippen LogP contribution in [0.4, 0.5) is 5.13 Å². The van der Waals surface area contributed by atoms with E-state index in [1.54, 1.807) is 0 Å². The molecule has 1 atom stereocenters. The third-order valence-corrected chi connectivity index (χ3v) is 5.40. The minimum Gasteiger partial charge on any atom is -0.480 e. The van der Waals surface area contributed by atoms with Crippen molar-refractivity contribution in [2.75, 3.05) is 18.2 Å². The summed E-state index contributed by atoms with van der Waals surface area (Å²) in [6.45, 7) is 5.80. The molecule has 0 spiro atoms. The van der Waals surface area contributed by atoms with Gasteiger partial charge < -0.3 is 9.47 Å². The van der Waals surface area contributed by atoms with Crippen LogP contribution in [0.5, 0.6) is 5.75 Å². The van der Waals surface area contributed by atoms with E-state index in [1.807, 2.05) is 39.0 Å². The van der Waals surface area contributed by atoms with Crippen LogP contribution in [-0.2, 0) is 14.3 Å². The monoisotopic (exact) mass is 395 g/mol. The molecule has 0 saturated carbocycles. The number of hydrogen-bond acceptors (Lipinski definition) is 8. The van der Waals surface area contributed by atoms with E-state index < -0.39 is 6.10 Å². The average Bonchev–Trinajstić information content (AvgIpc) is 3.07. The number of amides is 1. The molecule has 7 nitrogen and oxygen atoms in total. The Bertz CT molecular complexity index is 779. The zero-order valence-electron chi connectivity index (χ0n) is 15.1. The number of thioether (sulfide) groups is 1. The highest BCUT2D eigenvalue weighted by Gasteiger charge is 2.21. The van der Waals surface area contributed by atoms with E-state index in [9.17, 15) is 9.59 Å². The van der Waals surface area contributed by atoms with Crippen LogP contribution in [0.15, 0.2) is 22.5 Å². The van der Waals surface area contributed by atoms with Crippen molar-refractivity contribution >= 4 is 40.1 Å². The number of ether oxygens (including phenoxy) is 2. The summed E-state index contributed by atoms with van der Waals surface area (Å²) < 4.78 is 11.0. The van der Waals surface area contributed by atoms with E-state index in [0.29, 0.717) is 21.6 Å². The Morgan fingerprint density at radius 1 is 1.31 bits per heavy atom. The lowest BCUT2D eigenvalue weighted by molar-refractivity contribution is -0.137. The van der Waals surface area contributed by atoms with Crippen LogP contribution in [-0.4, -0.2) is 41.0 Å². The normalized spacial score (nSPS) is 11.7. The number of hydrogen-bond donors (Lipinski definition) is 1. The first-order chi connectivity index (χ1) is 12.4. The van der Waals surface area contributed by atoms with Gasteiger partial charge in [-0.3, -0.25) is 14.9 Å². The van der Waals surface area contributed by atoms with E-state index in [0.717, 1.165) is 11.1 Å². The number of carbonyl (C=O) groups is 2. The zero-order valence-corrected chi connectivity index (χ0v) is 16.7. The second-order valence-electron chi connectivity index (χ2n) is 5.51. The molecule has 0 aliphatic carbocycles. The van der Waals surface area contributed by atoms with Crippen molar-refractivity contribution < 1.29 is 19.1 Å². The molecule has 0 aliphatic heterocycles. The molecule has 9 heteroatoms. The number of nitrogens with zero attached hydrogens (tertiary/aromatic N) is 2. The molecule has 1 N–H and O–H groups in total. The lowest BCUT2D eigenvalue weighted by atomic mass is 10.1. The predicted octanol–water partition coefficient (Wildman–Crippen LogP) is 3.22. The van der Waals surface area contributed by atoms with Crippen LogP contribution in [0.1, 0.15) is 24.5 Å². The van der Waals surface area contributed by atoms with Gasteiger partial charge in [-0.25, -0.2) is 0 Å². The van der Waals surface area contributed by atoms with Gasteiger partial charge in [0.25, 0.3) is 5.91 Å². The fraction of sp³-hybridized carbons (Fsp3) is 0.412. The number of esters is 1. The second kappa shape index (κ2) is 9.54. The lowest BCUT2D eigenvalue weighted by Gasteiger charge is -2.18. The first kappa shape index (κ1) is 20.2. The van der Waals surface area contributed by atoms with Crippen LogP contribution >= 0.6 is 23.1 Å². The summed E-state index contributed by atoms with van der Waals surface area (Å²) in [5.74, 6) is 0.211. The Morgan fingerprint density at radius 2 is 2.08 bits per heavy atom. The first-order valence-electron chi connectivity index (χ1n) is 8.00. The maximum absolute atomic E-state index is 12.5. The molecule has 2 rings (SSSR count). The van der Waals surface area contributed by atoms with Crippen molar-refractivity contribution in [3.05, 3.63) is 29.3 Å². The molecule has 1 aromatic carbocycles. The maximum Gasteiger partial charge on any atom is 0.316 e. The third-order valence-electron chi connectivity index (χ3n) is 3.45. The molecule has 0 fully saturated rings. The first-order valence-corrected chi connectivity index (χ1v) is 9.81. The topological polar surface area (TPSA) is 90.4 Å². The molecule has 0 unspecified atom stereocenters. The number of anilines is 1. The molecule has 26 heavy (non-hydrogen) atoms. The quantitative estimate of drug-likeness (QED) is 0.417. The number of methoxy groups -OCH3 is 1. The molecule has 0 bridgehead atoms. The molecule has 0 radical (unpaired) electrons. The van der Waals surface area contributed by atoms with Crippen LogP contribution in [0.2, 0.25) is 0 Å². The average molecular weight is 396 g/mol. The number of benzene rings is 1. The van der Waals surface area contributed by atoms with Gasteiger partial charge in [-0.15, -0.1) is 10.2 Å². The molecule has 0 saturated heterocycles. The van der Waals surface area contributed by atoms with E-state index in [1.165, 1.54) is 30.2 Å². The highest BCUT2D eigenvalue weighted by Crippen LogP contribution is 2.26. The summed E-state index contributed by atoms with van der Waals surface area (Å²) in [5.41, 5.74) is 2.04. The van der Waals surface area contributed by atoms with Crippen LogP contribution in [0.3, 0.4) is 0 Å². The second-order valence-corrected chi connectivity index (χ2v) is 7.71. The largest absolute Gasteiger partial charge is 0.480 e. The maximum atomic E-state index is 12.5. The number of aromatic nitrogens is 2. The summed E-state index contributed by atoms with van der Waals surface area (Å²) in [6.07, 6.45) is -0.118. The molecular weight excluding hydrogens is 374 g/mol. The summed E-state index contributed by atoms with van der Waals surface area (Å²) in [7, 11) is 1.33. The number of aryl methyl sites for hydroxylation is 2. The summed E-state index contributed by atoms with van der Waals surface area (Å²) in [5, 5.41) is 10.9. The summed E-state index contributed by atoms with van der Waals surface area (Å²) >= 11 is 2.41. The van der Waals surface area contributed by atoms with Crippen molar-refractivity contribution in [1.29, 1.82) is 0 Å². The van der Waals surface area contributed by atoms with Gasteiger partial charge in [-0.05, 0) is 37.5 Å². The van der Waals surface area contributed by atoms with E-state index in [4.69, 9.17) is 4.74 Å². The number of nitrogens with one attached hydrogen (secondary N) is 1. The molecule has 2 aromatic rings. The minimum absolute atomic E-state index is 0.145. The lowest BCUT2D eigenvalue weighted by Crippen LogP contribution is -2.32. The summed E-state index contributed by atoms with van der Waals surface area (Å²) in [4.78, 5) is 23.6. The Labute approximate surface area is 160 Å². The minimum atomic E-state index is -0.634.